The molecule has 2 atom stereocenters. The molecule has 0 aromatic heterocycles. The number of carbonyl (C=O) groups excluding carboxylic acids is 3. The van der Waals surface area contributed by atoms with Gasteiger partial charge in [-0.25, -0.2) is 18.2 Å². The van der Waals surface area contributed by atoms with E-state index in [1.54, 1.807) is 51.1 Å². The van der Waals surface area contributed by atoms with Crippen LogP contribution in [-0.4, -0.2) is 66.5 Å². The first-order valence-electron chi connectivity index (χ1n) is 16.3. The number of nitrogens with one attached hydrogen (secondary N) is 3. The molecule has 0 aliphatic carbocycles. The normalized spacial score (nSPS) is 12.9. The van der Waals surface area contributed by atoms with Gasteiger partial charge in [0.1, 0.15) is 5.60 Å². The average Bonchev–Trinajstić information content (AvgIpc) is 3.01. The molecule has 0 fully saturated rings. The van der Waals surface area contributed by atoms with Crippen molar-refractivity contribution in [2.75, 3.05) is 22.8 Å². The number of nitrogens with zero attached hydrogens (tertiary/aromatic N) is 1. The molecule has 3 amide bonds. The van der Waals surface area contributed by atoms with Crippen LogP contribution in [0.3, 0.4) is 0 Å². The Balaban J connectivity index is 1.73. The summed E-state index contributed by atoms with van der Waals surface area (Å²) in [6.07, 6.45) is -0.676. The summed E-state index contributed by atoms with van der Waals surface area (Å²) in [4.78, 5) is 38.8. The molecular weight excluding hydrogens is 646 g/mol. The first kappa shape index (κ1) is 38.8. The van der Waals surface area contributed by atoms with Crippen LogP contribution in [0.15, 0.2) is 72.8 Å². The molecule has 0 aliphatic rings. The molecule has 0 heterocycles. The second-order valence-corrected chi connectivity index (χ2v) is 15.2. The number of nitrogens with two attached hydrogens (primary N) is 1. The molecule has 0 radical (unpaired) electrons. The van der Waals surface area contributed by atoms with E-state index in [0.29, 0.717) is 12.3 Å². The van der Waals surface area contributed by atoms with Gasteiger partial charge in [0.2, 0.25) is 10.0 Å². The predicted octanol–water partition coefficient (Wildman–Crippen LogP) is 4.90. The first-order valence-corrected chi connectivity index (χ1v) is 17.9. The number of hydrazine groups is 1. The molecule has 266 valence electrons. The molecule has 0 spiro atoms. The molecule has 3 rings (SSSR count). The van der Waals surface area contributed by atoms with Crippen LogP contribution >= 0.6 is 0 Å². The topological polar surface area (TPSA) is 180 Å². The summed E-state index contributed by atoms with van der Waals surface area (Å²) in [6, 6.07) is 18.9. The van der Waals surface area contributed by atoms with E-state index in [-0.39, 0.29) is 35.5 Å². The number of rotatable bonds is 14. The maximum atomic E-state index is 13.4. The highest BCUT2D eigenvalue weighted by Gasteiger charge is 2.28. The zero-order valence-electron chi connectivity index (χ0n) is 29.0. The molecule has 0 aliphatic heterocycles. The van der Waals surface area contributed by atoms with Crippen molar-refractivity contribution in [3.05, 3.63) is 95.1 Å². The van der Waals surface area contributed by atoms with Gasteiger partial charge in [0.15, 0.2) is 0 Å². The molecule has 3 aromatic rings. The van der Waals surface area contributed by atoms with E-state index in [0.717, 1.165) is 22.6 Å². The van der Waals surface area contributed by atoms with Crippen molar-refractivity contribution in [1.29, 1.82) is 0 Å². The smallest absolute Gasteiger partial charge is 0.429 e. The first-order chi connectivity index (χ1) is 23.0. The molecule has 3 aromatic carbocycles. The van der Waals surface area contributed by atoms with Gasteiger partial charge < -0.3 is 20.9 Å². The monoisotopic (exact) mass is 695 g/mol. The standard InChI is InChI=1S/C36H49N5O7S/c1-7-19-41(35(45)48-36(4,5)6)39-34(44)28-16-14-27(15-17-28)33(43)38-31(22-25-11-9-8-10-12-25)32(42)23-49(46,47)40-30-18-13-26(20-24(2)3)21-29(30)37/h8-18,21,24,31-32,40,42H,7,19-20,22-23,37H2,1-6H3,(H,38,43)(H,39,44)/t31-,32-/m0/s1. The Kier molecular flexibility index (Phi) is 13.6. The number of benzene rings is 3. The minimum atomic E-state index is -4.09. The fourth-order valence-corrected chi connectivity index (χ4v) is 6.24. The Morgan fingerprint density at radius 2 is 1.51 bits per heavy atom. The Bertz CT molecular complexity index is 1670. The van der Waals surface area contributed by atoms with E-state index in [2.05, 4.69) is 29.3 Å². The Morgan fingerprint density at radius 1 is 0.898 bits per heavy atom. The van der Waals surface area contributed by atoms with E-state index < -0.39 is 51.4 Å². The second kappa shape index (κ2) is 17.2. The molecule has 6 N–H and O–H groups in total. The van der Waals surface area contributed by atoms with E-state index in [1.165, 1.54) is 24.3 Å². The van der Waals surface area contributed by atoms with Gasteiger partial charge in [0.25, 0.3) is 11.8 Å². The summed E-state index contributed by atoms with van der Waals surface area (Å²) in [5.74, 6) is -1.46. The molecule has 0 saturated heterocycles. The fourth-order valence-electron chi connectivity index (χ4n) is 4.95. The lowest BCUT2D eigenvalue weighted by Crippen LogP contribution is -2.48. The van der Waals surface area contributed by atoms with Gasteiger partial charge in [0, 0.05) is 17.7 Å². The van der Waals surface area contributed by atoms with E-state index in [1.807, 2.05) is 25.1 Å². The van der Waals surface area contributed by atoms with Crippen molar-refractivity contribution < 1.29 is 32.6 Å². The number of hydrogen-bond acceptors (Lipinski definition) is 8. The van der Waals surface area contributed by atoms with Crippen LogP contribution in [0.2, 0.25) is 0 Å². The molecule has 0 unspecified atom stereocenters. The highest BCUT2D eigenvalue weighted by Crippen LogP contribution is 2.23. The number of nitrogen functional groups attached to an aromatic ring is 1. The lowest BCUT2D eigenvalue weighted by atomic mass is 10.0. The largest absolute Gasteiger partial charge is 0.442 e. The highest BCUT2D eigenvalue weighted by molar-refractivity contribution is 7.92. The van der Waals surface area contributed by atoms with Crippen LogP contribution in [0.5, 0.6) is 0 Å². The van der Waals surface area contributed by atoms with E-state index >= 15 is 0 Å². The number of amides is 3. The lowest BCUT2D eigenvalue weighted by Gasteiger charge is -2.27. The fraction of sp³-hybridized carbons (Fsp3) is 0.417. The number of anilines is 2. The SMILES string of the molecule is CCCN(NC(=O)c1ccc(C(=O)N[C@@H](Cc2ccccc2)[C@@H](O)CS(=O)(=O)Nc2ccc(CC(C)C)cc2N)cc1)C(=O)OC(C)(C)C. The van der Waals surface area contributed by atoms with Gasteiger partial charge in [-0.1, -0.05) is 57.2 Å². The predicted molar refractivity (Wildman–Crippen MR) is 191 cm³/mol. The summed E-state index contributed by atoms with van der Waals surface area (Å²) < 4.78 is 34.1. The lowest BCUT2D eigenvalue weighted by molar-refractivity contribution is 0.0133. The van der Waals surface area contributed by atoms with Crippen LogP contribution in [0.1, 0.15) is 79.8 Å². The van der Waals surface area contributed by atoms with Crippen LogP contribution in [-0.2, 0) is 27.6 Å². The minimum Gasteiger partial charge on any atom is -0.442 e. The van der Waals surface area contributed by atoms with Gasteiger partial charge in [-0.2, -0.15) is 0 Å². The number of carbonyl (C=O) groups is 3. The van der Waals surface area contributed by atoms with Crippen LogP contribution in [0.25, 0.3) is 0 Å². The third-order valence-electron chi connectivity index (χ3n) is 7.20. The number of aliphatic hydroxyl groups excluding tert-OH is 1. The van der Waals surface area contributed by atoms with Gasteiger partial charge >= 0.3 is 6.09 Å². The molecule has 13 heteroatoms. The Hall–Kier alpha value is -4.62. The minimum absolute atomic E-state index is 0.147. The Morgan fingerprint density at radius 3 is 2.06 bits per heavy atom. The number of sulfonamides is 1. The zero-order chi connectivity index (χ0) is 36.4. The van der Waals surface area contributed by atoms with Crippen LogP contribution < -0.4 is 21.2 Å². The van der Waals surface area contributed by atoms with Crippen molar-refractivity contribution in [2.24, 2.45) is 5.92 Å². The zero-order valence-corrected chi connectivity index (χ0v) is 29.8. The molecule has 0 saturated carbocycles. The van der Waals surface area contributed by atoms with Crippen molar-refractivity contribution in [2.45, 2.75) is 78.6 Å². The highest BCUT2D eigenvalue weighted by atomic mass is 32.2. The summed E-state index contributed by atoms with van der Waals surface area (Å²) in [5, 5.41) is 15.1. The average molecular weight is 696 g/mol. The number of ether oxygens (including phenoxy) is 1. The quantitative estimate of drug-likeness (QED) is 0.117. The van der Waals surface area contributed by atoms with Crippen molar-refractivity contribution >= 4 is 39.3 Å². The van der Waals surface area contributed by atoms with Crippen molar-refractivity contribution in [1.82, 2.24) is 15.8 Å². The molecule has 0 bridgehead atoms. The van der Waals surface area contributed by atoms with E-state index in [9.17, 15) is 27.9 Å². The van der Waals surface area contributed by atoms with Gasteiger partial charge in [-0.05, 0) is 93.5 Å². The maximum absolute atomic E-state index is 13.4. The van der Waals surface area contributed by atoms with Crippen LogP contribution in [0.4, 0.5) is 16.2 Å². The second-order valence-electron chi connectivity index (χ2n) is 13.4. The summed E-state index contributed by atoms with van der Waals surface area (Å²) in [5.41, 5.74) is 10.5. The van der Waals surface area contributed by atoms with E-state index in [4.69, 9.17) is 10.5 Å². The summed E-state index contributed by atoms with van der Waals surface area (Å²) >= 11 is 0. The summed E-state index contributed by atoms with van der Waals surface area (Å²) in [7, 11) is -4.09. The van der Waals surface area contributed by atoms with Gasteiger partial charge in [0.05, 0.1) is 29.3 Å². The number of hydrogen-bond donors (Lipinski definition) is 5. The molecule has 49 heavy (non-hydrogen) atoms. The maximum Gasteiger partial charge on any atom is 0.429 e. The van der Waals surface area contributed by atoms with Crippen molar-refractivity contribution in [3.8, 4) is 0 Å². The Labute approximate surface area is 289 Å². The van der Waals surface area contributed by atoms with Crippen molar-refractivity contribution in [3.63, 3.8) is 0 Å². The van der Waals surface area contributed by atoms with Gasteiger partial charge in [-0.3, -0.25) is 19.7 Å². The summed E-state index contributed by atoms with van der Waals surface area (Å²) in [6.45, 7) is 11.4. The third-order valence-corrected chi connectivity index (χ3v) is 8.51. The molecular formula is C36H49N5O7S. The third kappa shape index (κ3) is 12.7. The number of aliphatic hydroxyl groups is 1. The molecule has 12 nitrogen and oxygen atoms in total. The van der Waals surface area contributed by atoms with Gasteiger partial charge in [-0.15, -0.1) is 0 Å². The van der Waals surface area contributed by atoms with Crippen LogP contribution in [0, 0.1) is 5.92 Å².